The quantitative estimate of drug-likeness (QED) is 0.610. The van der Waals surface area contributed by atoms with Gasteiger partial charge in [0, 0.05) is 33.4 Å². The molecule has 0 saturated heterocycles. The number of fused-ring (bicyclic) bond motifs is 1. The molecule has 4 nitrogen and oxygen atoms in total. The molecule has 1 aromatic carbocycles. The van der Waals surface area contributed by atoms with E-state index in [0.717, 1.165) is 24.0 Å². The van der Waals surface area contributed by atoms with Crippen molar-refractivity contribution in [2.24, 2.45) is 0 Å². The Bertz CT molecular complexity index is 998. The van der Waals surface area contributed by atoms with E-state index in [1.165, 1.54) is 0 Å². The molecule has 3 rings (SSSR count). The van der Waals surface area contributed by atoms with Crippen LogP contribution in [0.25, 0.3) is 22.3 Å². The normalized spacial score (nSPS) is 12.5. The maximum absolute atomic E-state index is 12.7. The summed E-state index contributed by atoms with van der Waals surface area (Å²) in [6.45, 7) is 5.87. The SMILES string of the molecule is CCCC(C)n1c(=O)c(C)nc2c(-c3ccc(Cl)cc3Cl)ccnc21. The molecular weight excluding hydrogens is 357 g/mol. The van der Waals surface area contributed by atoms with Crippen molar-refractivity contribution in [2.45, 2.75) is 39.7 Å². The first-order valence-corrected chi connectivity index (χ1v) is 9.03. The number of aryl methyl sites for hydroxylation is 1. The minimum Gasteiger partial charge on any atom is -0.287 e. The Morgan fingerprint density at radius 2 is 1.96 bits per heavy atom. The van der Waals surface area contributed by atoms with Gasteiger partial charge in [0.05, 0.1) is 0 Å². The van der Waals surface area contributed by atoms with E-state index in [1.807, 2.05) is 19.1 Å². The Morgan fingerprint density at radius 1 is 1.20 bits per heavy atom. The molecule has 2 heterocycles. The second-order valence-corrected chi connectivity index (χ2v) is 7.01. The van der Waals surface area contributed by atoms with Gasteiger partial charge in [-0.05, 0) is 38.5 Å². The van der Waals surface area contributed by atoms with Crippen LogP contribution in [-0.2, 0) is 0 Å². The molecule has 0 saturated carbocycles. The maximum Gasteiger partial charge on any atom is 0.273 e. The van der Waals surface area contributed by atoms with Crippen molar-refractivity contribution in [1.82, 2.24) is 14.5 Å². The average Bonchev–Trinajstić information content (AvgIpc) is 2.56. The number of hydrogen-bond acceptors (Lipinski definition) is 3. The Labute approximate surface area is 156 Å². The van der Waals surface area contributed by atoms with Crippen molar-refractivity contribution in [3.63, 3.8) is 0 Å². The van der Waals surface area contributed by atoms with Crippen molar-refractivity contribution >= 4 is 34.4 Å². The van der Waals surface area contributed by atoms with E-state index in [-0.39, 0.29) is 11.6 Å². The lowest BCUT2D eigenvalue weighted by molar-refractivity contribution is 0.495. The van der Waals surface area contributed by atoms with Gasteiger partial charge in [0.25, 0.3) is 5.56 Å². The zero-order valence-corrected chi connectivity index (χ0v) is 15.9. The number of nitrogens with zero attached hydrogens (tertiary/aromatic N) is 3. The van der Waals surface area contributed by atoms with Gasteiger partial charge >= 0.3 is 0 Å². The predicted octanol–water partition coefficient (Wildman–Crippen LogP) is 5.43. The van der Waals surface area contributed by atoms with Gasteiger partial charge in [0.15, 0.2) is 5.65 Å². The van der Waals surface area contributed by atoms with E-state index in [1.54, 1.807) is 29.8 Å². The summed E-state index contributed by atoms with van der Waals surface area (Å²) in [6.07, 6.45) is 3.57. The average molecular weight is 376 g/mol. The van der Waals surface area contributed by atoms with Crippen LogP contribution in [0.3, 0.4) is 0 Å². The molecule has 0 aliphatic rings. The molecule has 0 bridgehead atoms. The Balaban J connectivity index is 2.35. The second-order valence-electron chi connectivity index (χ2n) is 6.16. The smallest absolute Gasteiger partial charge is 0.273 e. The summed E-state index contributed by atoms with van der Waals surface area (Å²) in [5.74, 6) is 0. The van der Waals surface area contributed by atoms with E-state index >= 15 is 0 Å². The first-order valence-electron chi connectivity index (χ1n) is 8.27. The Hall–Kier alpha value is -1.91. The van der Waals surface area contributed by atoms with E-state index in [0.29, 0.717) is 26.9 Å². The van der Waals surface area contributed by atoms with Gasteiger partial charge in [-0.15, -0.1) is 0 Å². The highest BCUT2D eigenvalue weighted by Gasteiger charge is 2.18. The number of rotatable bonds is 4. The van der Waals surface area contributed by atoms with Crippen molar-refractivity contribution in [3.05, 3.63) is 56.6 Å². The predicted molar refractivity (Wildman–Crippen MR) is 104 cm³/mol. The number of pyridine rings is 1. The van der Waals surface area contributed by atoms with Crippen LogP contribution >= 0.6 is 23.2 Å². The molecule has 25 heavy (non-hydrogen) atoms. The van der Waals surface area contributed by atoms with Crippen LogP contribution < -0.4 is 5.56 Å². The molecule has 0 amide bonds. The summed E-state index contributed by atoms with van der Waals surface area (Å²) in [6, 6.07) is 7.26. The highest BCUT2D eigenvalue weighted by molar-refractivity contribution is 6.36. The van der Waals surface area contributed by atoms with Gasteiger partial charge < -0.3 is 0 Å². The van der Waals surface area contributed by atoms with Crippen molar-refractivity contribution in [2.75, 3.05) is 0 Å². The summed E-state index contributed by atoms with van der Waals surface area (Å²) >= 11 is 12.4. The zero-order valence-electron chi connectivity index (χ0n) is 14.4. The van der Waals surface area contributed by atoms with Crippen LogP contribution in [0, 0.1) is 6.92 Å². The van der Waals surface area contributed by atoms with Crippen LogP contribution in [0.1, 0.15) is 38.4 Å². The molecule has 3 aromatic rings. The van der Waals surface area contributed by atoms with Gasteiger partial charge in [0.1, 0.15) is 11.2 Å². The lowest BCUT2D eigenvalue weighted by atomic mass is 10.1. The topological polar surface area (TPSA) is 47.8 Å². The third kappa shape index (κ3) is 3.29. The molecule has 1 unspecified atom stereocenters. The van der Waals surface area contributed by atoms with Crippen LogP contribution in [-0.4, -0.2) is 14.5 Å². The van der Waals surface area contributed by atoms with E-state index in [9.17, 15) is 4.79 Å². The molecule has 0 aliphatic heterocycles. The molecule has 0 N–H and O–H groups in total. The summed E-state index contributed by atoms with van der Waals surface area (Å²) in [5.41, 5.74) is 3.27. The molecule has 130 valence electrons. The van der Waals surface area contributed by atoms with Crippen molar-refractivity contribution in [3.8, 4) is 11.1 Å². The van der Waals surface area contributed by atoms with Gasteiger partial charge in [-0.2, -0.15) is 0 Å². The molecular formula is C19H19Cl2N3O. The number of halogens is 2. The van der Waals surface area contributed by atoms with Crippen LogP contribution in [0.4, 0.5) is 0 Å². The molecule has 1 atom stereocenters. The molecule has 0 fully saturated rings. The summed E-state index contributed by atoms with van der Waals surface area (Å²) in [7, 11) is 0. The van der Waals surface area contributed by atoms with Gasteiger partial charge in [-0.1, -0.05) is 42.6 Å². The summed E-state index contributed by atoms with van der Waals surface area (Å²) in [4.78, 5) is 21.7. The standard InChI is InChI=1S/C19H19Cl2N3O/c1-4-5-11(2)24-18-17(23-12(3)19(24)25)15(8-9-22-18)14-7-6-13(20)10-16(14)21/h6-11H,4-5H2,1-3H3. The lowest BCUT2D eigenvalue weighted by Crippen LogP contribution is -2.27. The fourth-order valence-corrected chi connectivity index (χ4v) is 3.61. The minimum absolute atomic E-state index is 0.0464. The maximum atomic E-state index is 12.7. The fraction of sp³-hybridized carbons (Fsp3) is 0.316. The number of benzene rings is 1. The van der Waals surface area contributed by atoms with Crippen LogP contribution in [0.5, 0.6) is 0 Å². The molecule has 6 heteroatoms. The van der Waals surface area contributed by atoms with E-state index < -0.39 is 0 Å². The van der Waals surface area contributed by atoms with Crippen molar-refractivity contribution in [1.29, 1.82) is 0 Å². The van der Waals surface area contributed by atoms with Crippen LogP contribution in [0.15, 0.2) is 35.3 Å². The van der Waals surface area contributed by atoms with E-state index in [2.05, 4.69) is 16.9 Å². The van der Waals surface area contributed by atoms with Crippen molar-refractivity contribution < 1.29 is 0 Å². The highest BCUT2D eigenvalue weighted by atomic mass is 35.5. The number of aromatic nitrogens is 3. The Morgan fingerprint density at radius 3 is 2.64 bits per heavy atom. The van der Waals surface area contributed by atoms with Crippen LogP contribution in [0.2, 0.25) is 10.0 Å². The monoisotopic (exact) mass is 375 g/mol. The molecule has 0 spiro atoms. The third-order valence-corrected chi connectivity index (χ3v) is 4.86. The first kappa shape index (κ1) is 17.9. The molecule has 0 aliphatic carbocycles. The second kappa shape index (κ2) is 7.14. The largest absolute Gasteiger partial charge is 0.287 e. The Kier molecular flexibility index (Phi) is 5.11. The first-order chi connectivity index (χ1) is 11.9. The third-order valence-electron chi connectivity index (χ3n) is 4.31. The molecule has 0 radical (unpaired) electrons. The van der Waals surface area contributed by atoms with Gasteiger partial charge in [-0.3, -0.25) is 9.36 Å². The van der Waals surface area contributed by atoms with Gasteiger partial charge in [-0.25, -0.2) is 9.97 Å². The highest BCUT2D eigenvalue weighted by Crippen LogP contribution is 2.33. The number of hydrogen-bond donors (Lipinski definition) is 0. The summed E-state index contributed by atoms with van der Waals surface area (Å²) in [5, 5.41) is 1.11. The minimum atomic E-state index is -0.0969. The zero-order chi connectivity index (χ0) is 18.1. The lowest BCUT2D eigenvalue weighted by Gasteiger charge is -2.18. The molecule has 2 aromatic heterocycles. The van der Waals surface area contributed by atoms with E-state index in [4.69, 9.17) is 23.2 Å². The summed E-state index contributed by atoms with van der Waals surface area (Å²) < 4.78 is 1.74. The fourth-order valence-electron chi connectivity index (χ4n) is 3.10. The van der Waals surface area contributed by atoms with Gasteiger partial charge in [0.2, 0.25) is 0 Å².